The summed E-state index contributed by atoms with van der Waals surface area (Å²) in [6, 6.07) is 6.92. The predicted molar refractivity (Wildman–Crippen MR) is 64.7 cm³/mol. The molecule has 0 aliphatic carbocycles. The zero-order chi connectivity index (χ0) is 12.7. The first kappa shape index (κ1) is 11.5. The van der Waals surface area contributed by atoms with Gasteiger partial charge < -0.3 is 4.74 Å². The van der Waals surface area contributed by atoms with Crippen molar-refractivity contribution in [3.8, 4) is 0 Å². The molecule has 1 amide bonds. The molecule has 18 heavy (non-hydrogen) atoms. The van der Waals surface area contributed by atoms with Crippen LogP contribution in [0, 0.1) is 5.82 Å². The van der Waals surface area contributed by atoms with E-state index in [0.717, 1.165) is 24.8 Å². The molecule has 2 fully saturated rings. The zero-order valence-electron chi connectivity index (χ0n) is 10.3. The van der Waals surface area contributed by atoms with E-state index in [-0.39, 0.29) is 30.1 Å². The summed E-state index contributed by atoms with van der Waals surface area (Å²) in [5.74, 6) is -0.225. The van der Waals surface area contributed by atoms with E-state index in [0.29, 0.717) is 0 Å². The topological polar surface area (TPSA) is 29.5 Å². The molecule has 96 valence electrons. The molecule has 4 heteroatoms. The van der Waals surface area contributed by atoms with E-state index in [9.17, 15) is 9.18 Å². The molecular formula is C14H16FNO2. The average molecular weight is 249 g/mol. The number of carbonyl (C=O) groups is 1. The van der Waals surface area contributed by atoms with Crippen molar-refractivity contribution in [2.75, 3.05) is 0 Å². The van der Waals surface area contributed by atoms with E-state index in [4.69, 9.17) is 4.74 Å². The highest BCUT2D eigenvalue weighted by Crippen LogP contribution is 2.34. The van der Waals surface area contributed by atoms with Crippen molar-refractivity contribution < 1.29 is 13.9 Å². The molecule has 1 aromatic rings. The lowest BCUT2D eigenvalue weighted by molar-refractivity contribution is 0.130. The van der Waals surface area contributed by atoms with Gasteiger partial charge in [-0.2, -0.15) is 0 Å². The fraction of sp³-hybridized carbons (Fsp3) is 0.500. The van der Waals surface area contributed by atoms with Crippen LogP contribution in [0.25, 0.3) is 0 Å². The number of hydrogen-bond acceptors (Lipinski definition) is 2. The first-order chi connectivity index (χ1) is 8.65. The first-order valence-corrected chi connectivity index (χ1v) is 6.38. The number of fused-ring (bicyclic) bond motifs is 1. The Bertz CT molecular complexity index is 459. The summed E-state index contributed by atoms with van der Waals surface area (Å²) >= 11 is 0. The average Bonchev–Trinajstić information content (AvgIpc) is 2.86. The summed E-state index contributed by atoms with van der Waals surface area (Å²) in [7, 11) is 0. The van der Waals surface area contributed by atoms with E-state index in [2.05, 4.69) is 0 Å². The molecule has 0 unspecified atom stereocenters. The summed E-state index contributed by atoms with van der Waals surface area (Å²) in [6.45, 7) is 1.95. The number of ether oxygens (including phenoxy) is 1. The van der Waals surface area contributed by atoms with Gasteiger partial charge in [-0.25, -0.2) is 9.18 Å². The maximum atomic E-state index is 12.8. The van der Waals surface area contributed by atoms with Gasteiger partial charge in [-0.15, -0.1) is 0 Å². The van der Waals surface area contributed by atoms with Crippen molar-refractivity contribution in [3.63, 3.8) is 0 Å². The fourth-order valence-corrected chi connectivity index (χ4v) is 3.05. The number of halogens is 1. The largest absolute Gasteiger partial charge is 0.444 e. The van der Waals surface area contributed by atoms with Crippen molar-refractivity contribution in [1.29, 1.82) is 0 Å². The van der Waals surface area contributed by atoms with Gasteiger partial charge in [-0.3, -0.25) is 4.90 Å². The van der Waals surface area contributed by atoms with Gasteiger partial charge in [-0.1, -0.05) is 12.1 Å². The SMILES string of the molecule is C[C@H]1OC(=O)N2[C@H](Cc3ccc(F)cc3)CC[C@@H]12. The Kier molecular flexibility index (Phi) is 2.73. The van der Waals surface area contributed by atoms with E-state index in [1.807, 2.05) is 11.8 Å². The van der Waals surface area contributed by atoms with Gasteiger partial charge in [0, 0.05) is 6.04 Å². The molecule has 0 N–H and O–H groups in total. The zero-order valence-corrected chi connectivity index (χ0v) is 10.3. The van der Waals surface area contributed by atoms with E-state index >= 15 is 0 Å². The maximum absolute atomic E-state index is 12.8. The summed E-state index contributed by atoms with van der Waals surface area (Å²) in [5.41, 5.74) is 1.06. The summed E-state index contributed by atoms with van der Waals surface area (Å²) in [6.07, 6.45) is 2.58. The van der Waals surface area contributed by atoms with Gasteiger partial charge in [-0.05, 0) is 43.9 Å². The van der Waals surface area contributed by atoms with Gasteiger partial charge in [0.25, 0.3) is 0 Å². The standard InChI is InChI=1S/C14H16FNO2/c1-9-13-7-6-12(16(13)14(17)18-9)8-10-2-4-11(15)5-3-10/h2-5,9,12-13H,6-8H2,1H3/t9-,12+,13+/m1/s1. The highest BCUT2D eigenvalue weighted by molar-refractivity contribution is 5.71. The van der Waals surface area contributed by atoms with Crippen molar-refractivity contribution in [2.45, 2.75) is 44.4 Å². The molecule has 1 aromatic carbocycles. The number of nitrogens with zero attached hydrogens (tertiary/aromatic N) is 1. The van der Waals surface area contributed by atoms with Crippen molar-refractivity contribution >= 4 is 6.09 Å². The number of rotatable bonds is 2. The minimum absolute atomic E-state index is 0.00396. The summed E-state index contributed by atoms with van der Waals surface area (Å²) < 4.78 is 18.1. The normalized spacial score (nSPS) is 30.4. The van der Waals surface area contributed by atoms with Crippen LogP contribution in [0.4, 0.5) is 9.18 Å². The third-order valence-electron chi connectivity index (χ3n) is 3.97. The second kappa shape index (κ2) is 4.26. The summed E-state index contributed by atoms with van der Waals surface area (Å²) in [5, 5.41) is 0. The van der Waals surface area contributed by atoms with Gasteiger partial charge >= 0.3 is 6.09 Å². The Morgan fingerprint density at radius 2 is 2.06 bits per heavy atom. The Labute approximate surface area is 106 Å². The highest BCUT2D eigenvalue weighted by atomic mass is 19.1. The third-order valence-corrected chi connectivity index (χ3v) is 3.97. The number of cyclic esters (lactones) is 1. The minimum Gasteiger partial charge on any atom is -0.444 e. The van der Waals surface area contributed by atoms with Crippen molar-refractivity contribution in [3.05, 3.63) is 35.6 Å². The van der Waals surface area contributed by atoms with Crippen molar-refractivity contribution in [1.82, 2.24) is 4.90 Å². The second-order valence-electron chi connectivity index (χ2n) is 5.13. The molecule has 0 radical (unpaired) electrons. The third kappa shape index (κ3) is 1.85. The molecule has 0 aromatic heterocycles. The lowest BCUT2D eigenvalue weighted by Gasteiger charge is -2.21. The molecule has 2 aliphatic heterocycles. The van der Waals surface area contributed by atoms with Crippen LogP contribution in [0.15, 0.2) is 24.3 Å². The fourth-order valence-electron chi connectivity index (χ4n) is 3.05. The van der Waals surface area contributed by atoms with Crippen LogP contribution in [-0.2, 0) is 11.2 Å². The van der Waals surface area contributed by atoms with Crippen LogP contribution in [0.3, 0.4) is 0 Å². The van der Waals surface area contributed by atoms with Crippen LogP contribution >= 0.6 is 0 Å². The smallest absolute Gasteiger partial charge is 0.410 e. The molecule has 3 rings (SSSR count). The van der Waals surface area contributed by atoms with Gasteiger partial charge in [0.05, 0.1) is 6.04 Å². The first-order valence-electron chi connectivity index (χ1n) is 6.38. The van der Waals surface area contributed by atoms with Crippen LogP contribution in [0.1, 0.15) is 25.3 Å². The second-order valence-corrected chi connectivity index (χ2v) is 5.13. The van der Waals surface area contributed by atoms with Crippen LogP contribution < -0.4 is 0 Å². The Hall–Kier alpha value is -1.58. The lowest BCUT2D eigenvalue weighted by atomic mass is 10.0. The maximum Gasteiger partial charge on any atom is 0.410 e. The van der Waals surface area contributed by atoms with E-state index in [1.165, 1.54) is 12.1 Å². The van der Waals surface area contributed by atoms with Gasteiger partial charge in [0.1, 0.15) is 11.9 Å². The molecule has 2 aliphatic rings. The van der Waals surface area contributed by atoms with Gasteiger partial charge in [0.2, 0.25) is 0 Å². The molecule has 2 saturated heterocycles. The summed E-state index contributed by atoms with van der Waals surface area (Å²) in [4.78, 5) is 13.6. The number of hydrogen-bond donors (Lipinski definition) is 0. The van der Waals surface area contributed by atoms with E-state index in [1.54, 1.807) is 12.1 Å². The number of carbonyl (C=O) groups excluding carboxylic acids is 1. The van der Waals surface area contributed by atoms with Crippen LogP contribution in [0.5, 0.6) is 0 Å². The molecule has 3 nitrogen and oxygen atoms in total. The van der Waals surface area contributed by atoms with E-state index < -0.39 is 0 Å². The molecule has 2 heterocycles. The molecule has 0 saturated carbocycles. The van der Waals surface area contributed by atoms with Crippen LogP contribution in [0.2, 0.25) is 0 Å². The predicted octanol–water partition coefficient (Wildman–Crippen LogP) is 2.74. The molecule has 3 atom stereocenters. The molecule has 0 spiro atoms. The van der Waals surface area contributed by atoms with Crippen LogP contribution in [-0.4, -0.2) is 29.2 Å². The molecular weight excluding hydrogens is 233 g/mol. The quantitative estimate of drug-likeness (QED) is 0.806. The lowest BCUT2D eigenvalue weighted by Crippen LogP contribution is -2.37. The Morgan fingerprint density at radius 3 is 2.78 bits per heavy atom. The highest BCUT2D eigenvalue weighted by Gasteiger charge is 2.47. The number of amides is 1. The van der Waals surface area contributed by atoms with Crippen molar-refractivity contribution in [2.24, 2.45) is 0 Å². The monoisotopic (exact) mass is 249 g/mol. The minimum atomic E-state index is -0.225. The number of benzene rings is 1. The molecule has 0 bridgehead atoms. The van der Waals surface area contributed by atoms with Gasteiger partial charge in [0.15, 0.2) is 0 Å². The Balaban J connectivity index is 1.74. The Morgan fingerprint density at radius 1 is 1.33 bits per heavy atom.